The number of amides is 1. The summed E-state index contributed by atoms with van der Waals surface area (Å²) in [6.45, 7) is 2.71. The summed E-state index contributed by atoms with van der Waals surface area (Å²) in [5.41, 5.74) is 2.38. The molecule has 2 heterocycles. The van der Waals surface area contributed by atoms with Gasteiger partial charge in [-0.15, -0.1) is 0 Å². The molecule has 1 amide bonds. The number of hydrogen-bond acceptors (Lipinski definition) is 4. The molecule has 1 N–H and O–H groups in total. The van der Waals surface area contributed by atoms with Crippen molar-refractivity contribution in [1.29, 1.82) is 0 Å². The summed E-state index contributed by atoms with van der Waals surface area (Å²) in [7, 11) is 0. The third-order valence-electron chi connectivity index (χ3n) is 6.72. The molecule has 0 bridgehead atoms. The summed E-state index contributed by atoms with van der Waals surface area (Å²) in [5.74, 6) is 1.57. The second-order valence-corrected chi connectivity index (χ2v) is 9.10. The fraction of sp³-hybridized carbons (Fsp3) is 0.370. The maximum atomic E-state index is 13.3. The lowest BCUT2D eigenvalue weighted by atomic mass is 9.94. The van der Waals surface area contributed by atoms with Crippen molar-refractivity contribution in [3.05, 3.63) is 77.9 Å². The summed E-state index contributed by atoms with van der Waals surface area (Å²) in [5, 5.41) is 3.23. The van der Waals surface area contributed by atoms with Crippen LogP contribution in [0.2, 0.25) is 0 Å². The molecular formula is C27H29N3O3. The number of benzene rings is 2. The smallest absolute Gasteiger partial charge is 0.227 e. The predicted octanol–water partition coefficient (Wildman–Crippen LogP) is 4.82. The van der Waals surface area contributed by atoms with Crippen molar-refractivity contribution < 1.29 is 14.3 Å². The van der Waals surface area contributed by atoms with Crippen LogP contribution in [0.5, 0.6) is 5.75 Å². The molecule has 1 saturated carbocycles. The Bertz CT molecular complexity index is 1160. The number of rotatable bonds is 8. The van der Waals surface area contributed by atoms with Crippen molar-refractivity contribution in [2.75, 3.05) is 6.61 Å². The van der Waals surface area contributed by atoms with Gasteiger partial charge in [0.05, 0.1) is 18.1 Å². The molecule has 1 aromatic heterocycles. The van der Waals surface area contributed by atoms with Crippen molar-refractivity contribution >= 4 is 11.7 Å². The van der Waals surface area contributed by atoms with Gasteiger partial charge in [-0.05, 0) is 68.0 Å². The van der Waals surface area contributed by atoms with Gasteiger partial charge in [0.15, 0.2) is 5.78 Å². The number of carbonyl (C=O) groups is 2. The Kier molecular flexibility index (Phi) is 5.75. The van der Waals surface area contributed by atoms with E-state index in [1.54, 1.807) is 18.3 Å². The molecule has 0 spiro atoms. The molecule has 0 radical (unpaired) electrons. The van der Waals surface area contributed by atoms with E-state index in [1.165, 1.54) is 5.56 Å². The van der Waals surface area contributed by atoms with Gasteiger partial charge in [-0.1, -0.05) is 25.1 Å². The minimum atomic E-state index is -0.606. The first-order valence-corrected chi connectivity index (χ1v) is 11.8. The molecule has 1 aliphatic heterocycles. The summed E-state index contributed by atoms with van der Waals surface area (Å²) in [6.07, 6.45) is 8.02. The zero-order valence-electron chi connectivity index (χ0n) is 18.9. The van der Waals surface area contributed by atoms with Gasteiger partial charge in [-0.25, -0.2) is 4.98 Å². The number of ketones is 1. The Hall–Kier alpha value is -3.41. The Morgan fingerprint density at radius 1 is 1.15 bits per heavy atom. The maximum Gasteiger partial charge on any atom is 0.227 e. The van der Waals surface area contributed by atoms with Crippen LogP contribution < -0.4 is 10.1 Å². The second kappa shape index (κ2) is 8.85. The maximum absolute atomic E-state index is 13.3. The van der Waals surface area contributed by atoms with Crippen molar-refractivity contribution in [1.82, 2.24) is 14.9 Å². The number of fused-ring (bicyclic) bond motifs is 3. The molecule has 6 heteroatoms. The summed E-state index contributed by atoms with van der Waals surface area (Å²) >= 11 is 0. The van der Waals surface area contributed by atoms with Gasteiger partial charge >= 0.3 is 0 Å². The van der Waals surface area contributed by atoms with E-state index in [1.807, 2.05) is 30.5 Å². The Labute approximate surface area is 194 Å². The largest absolute Gasteiger partial charge is 0.494 e. The van der Waals surface area contributed by atoms with Crippen LogP contribution >= 0.6 is 0 Å². The van der Waals surface area contributed by atoms with E-state index in [2.05, 4.69) is 33.9 Å². The number of nitrogens with one attached hydrogen (secondary N) is 1. The van der Waals surface area contributed by atoms with E-state index in [4.69, 9.17) is 4.74 Å². The lowest BCUT2D eigenvalue weighted by molar-refractivity contribution is -0.127. The molecule has 1 aliphatic carbocycles. The first-order valence-electron chi connectivity index (χ1n) is 11.8. The zero-order chi connectivity index (χ0) is 22.8. The van der Waals surface area contributed by atoms with Gasteiger partial charge in [0.2, 0.25) is 5.91 Å². The average Bonchev–Trinajstić information content (AvgIpc) is 3.50. The fourth-order valence-corrected chi connectivity index (χ4v) is 4.61. The topological polar surface area (TPSA) is 73.2 Å². The van der Waals surface area contributed by atoms with Crippen molar-refractivity contribution in [3.63, 3.8) is 0 Å². The van der Waals surface area contributed by atoms with Crippen molar-refractivity contribution in [3.8, 4) is 11.4 Å². The number of para-hydroxylation sites is 1. The molecule has 0 saturated heterocycles. The van der Waals surface area contributed by atoms with Gasteiger partial charge in [0.25, 0.3) is 0 Å². The molecular weight excluding hydrogens is 414 g/mol. The molecule has 1 unspecified atom stereocenters. The van der Waals surface area contributed by atoms with Crippen LogP contribution in [-0.4, -0.2) is 27.8 Å². The van der Waals surface area contributed by atoms with Crippen LogP contribution in [0, 0.1) is 5.41 Å². The molecule has 5 rings (SSSR count). The summed E-state index contributed by atoms with van der Waals surface area (Å²) in [4.78, 5) is 30.8. The lowest BCUT2D eigenvalue weighted by Crippen LogP contribution is -2.37. The number of aromatic nitrogens is 2. The molecule has 3 aromatic rings. The van der Waals surface area contributed by atoms with E-state index in [-0.39, 0.29) is 24.2 Å². The minimum Gasteiger partial charge on any atom is -0.494 e. The van der Waals surface area contributed by atoms with Crippen LogP contribution in [0.3, 0.4) is 0 Å². The monoisotopic (exact) mass is 443 g/mol. The van der Waals surface area contributed by atoms with Gasteiger partial charge in [0.1, 0.15) is 11.6 Å². The highest BCUT2D eigenvalue weighted by Gasteiger charge is 2.51. The highest BCUT2D eigenvalue weighted by molar-refractivity contribution is 6.00. The van der Waals surface area contributed by atoms with Crippen LogP contribution in [0.15, 0.2) is 60.9 Å². The predicted molar refractivity (Wildman–Crippen MR) is 126 cm³/mol. The SMILES string of the molecule is CCCOc1ccc(C(=O)CC2(C(=O)NC3CCc4ccccc4-n4ccnc43)CC2)cc1. The van der Waals surface area contributed by atoms with E-state index in [0.29, 0.717) is 12.2 Å². The van der Waals surface area contributed by atoms with Crippen LogP contribution in [0.25, 0.3) is 5.69 Å². The lowest BCUT2D eigenvalue weighted by Gasteiger charge is -2.21. The number of imidazole rings is 1. The first kappa shape index (κ1) is 21.4. The van der Waals surface area contributed by atoms with Crippen LogP contribution in [0.4, 0.5) is 0 Å². The van der Waals surface area contributed by atoms with Gasteiger partial charge in [-0.2, -0.15) is 0 Å². The number of carbonyl (C=O) groups excluding carboxylic acids is 2. The third-order valence-corrected chi connectivity index (χ3v) is 6.72. The Morgan fingerprint density at radius 2 is 1.94 bits per heavy atom. The van der Waals surface area contributed by atoms with E-state index >= 15 is 0 Å². The number of nitrogens with zero attached hydrogens (tertiary/aromatic N) is 2. The van der Waals surface area contributed by atoms with E-state index < -0.39 is 5.41 Å². The normalized spacial score (nSPS) is 17.9. The molecule has 1 atom stereocenters. The van der Waals surface area contributed by atoms with Crippen molar-refractivity contribution in [2.45, 2.75) is 51.5 Å². The molecule has 2 aromatic carbocycles. The average molecular weight is 444 g/mol. The number of hydrogen-bond donors (Lipinski definition) is 1. The van der Waals surface area contributed by atoms with Gasteiger partial charge in [-0.3, -0.25) is 9.59 Å². The first-order chi connectivity index (χ1) is 16.1. The highest BCUT2D eigenvalue weighted by Crippen LogP contribution is 2.50. The molecule has 170 valence electrons. The molecule has 2 aliphatic rings. The Balaban J connectivity index is 1.27. The van der Waals surface area contributed by atoms with Gasteiger partial charge in [0, 0.05) is 30.1 Å². The minimum absolute atomic E-state index is 0.000497. The van der Waals surface area contributed by atoms with Crippen LogP contribution in [0.1, 0.15) is 66.8 Å². The van der Waals surface area contributed by atoms with Gasteiger partial charge < -0.3 is 14.6 Å². The standard InChI is InChI=1S/C27H29N3O3/c1-2-17-33-21-10-7-20(8-11-21)24(31)18-27(13-14-27)26(32)29-22-12-9-19-5-3-4-6-23(19)30-16-15-28-25(22)30/h3-8,10-11,15-16,22H,2,9,12-14,17-18H2,1H3,(H,29,32). The van der Waals surface area contributed by atoms with E-state index in [0.717, 1.165) is 49.4 Å². The fourth-order valence-electron chi connectivity index (χ4n) is 4.61. The number of aryl methyl sites for hydroxylation is 1. The quantitative estimate of drug-likeness (QED) is 0.507. The zero-order valence-corrected chi connectivity index (χ0v) is 18.9. The molecule has 1 fully saturated rings. The number of Topliss-reactive ketones (excluding diaryl/α,β-unsaturated/α-hetero) is 1. The Morgan fingerprint density at radius 3 is 2.70 bits per heavy atom. The van der Waals surface area contributed by atoms with E-state index in [9.17, 15) is 9.59 Å². The number of ether oxygens (including phenoxy) is 1. The second-order valence-electron chi connectivity index (χ2n) is 9.10. The summed E-state index contributed by atoms with van der Waals surface area (Å²) in [6, 6.07) is 15.3. The molecule has 6 nitrogen and oxygen atoms in total. The highest BCUT2D eigenvalue weighted by atomic mass is 16.5. The third kappa shape index (κ3) is 4.30. The molecule has 33 heavy (non-hydrogen) atoms. The summed E-state index contributed by atoms with van der Waals surface area (Å²) < 4.78 is 7.67. The van der Waals surface area contributed by atoms with Crippen LogP contribution in [-0.2, 0) is 11.2 Å². The van der Waals surface area contributed by atoms with Crippen molar-refractivity contribution in [2.24, 2.45) is 5.41 Å².